The first-order valence-corrected chi connectivity index (χ1v) is 5.17. The van der Waals surface area contributed by atoms with Gasteiger partial charge in [0, 0.05) is 11.1 Å². The number of rotatable bonds is 2. The number of benzene rings is 2. The fraction of sp³-hybridized carbons (Fsp3) is 0.0714. The Hall–Kier alpha value is -2.09. The maximum Gasteiger partial charge on any atom is 0.225 e. The highest BCUT2D eigenvalue weighted by atomic mass is 16.5. The van der Waals surface area contributed by atoms with E-state index in [9.17, 15) is 5.21 Å². The van der Waals surface area contributed by atoms with E-state index < -0.39 is 0 Å². The van der Waals surface area contributed by atoms with Gasteiger partial charge < -0.3 is 5.21 Å². The molecule has 0 saturated carbocycles. The van der Waals surface area contributed by atoms with Crippen molar-refractivity contribution in [2.24, 2.45) is 0 Å². The summed E-state index contributed by atoms with van der Waals surface area (Å²) in [5.41, 5.74) is 2.57. The number of hydroxylamine groups is 1. The van der Waals surface area contributed by atoms with Gasteiger partial charge in [-0.25, -0.2) is 4.74 Å². The van der Waals surface area contributed by atoms with Crippen LogP contribution in [-0.2, 0) is 0 Å². The van der Waals surface area contributed by atoms with Gasteiger partial charge in [-0.05, 0) is 24.3 Å². The highest BCUT2D eigenvalue weighted by molar-refractivity contribution is 6.09. The van der Waals surface area contributed by atoms with E-state index in [2.05, 4.69) is 0 Å². The number of hydrogen-bond acceptors (Lipinski definition) is 1. The molecule has 2 aromatic rings. The molecule has 0 fully saturated rings. The quantitative estimate of drug-likeness (QED) is 0.324. The monoisotopic (exact) mass is 211 g/mol. The van der Waals surface area contributed by atoms with Crippen LogP contribution in [0.1, 0.15) is 11.1 Å². The first kappa shape index (κ1) is 10.4. The van der Waals surface area contributed by atoms with Crippen LogP contribution in [0.5, 0.6) is 0 Å². The summed E-state index contributed by atoms with van der Waals surface area (Å²) in [7, 11) is 1.52. The molecular weight excluding hydrogens is 198 g/mol. The second kappa shape index (κ2) is 4.62. The minimum atomic E-state index is 0.696. The van der Waals surface area contributed by atoms with E-state index in [-0.39, 0.29) is 0 Å². The number of nitrogens with zero attached hydrogens (tertiary/aromatic N) is 1. The molecule has 0 saturated heterocycles. The van der Waals surface area contributed by atoms with Gasteiger partial charge in [-0.1, -0.05) is 36.4 Å². The van der Waals surface area contributed by atoms with E-state index in [0.29, 0.717) is 5.71 Å². The van der Waals surface area contributed by atoms with Crippen LogP contribution in [0.15, 0.2) is 60.7 Å². The van der Waals surface area contributed by atoms with Gasteiger partial charge in [-0.2, -0.15) is 0 Å². The summed E-state index contributed by atoms with van der Waals surface area (Å²) in [4.78, 5) is 0. The Balaban J connectivity index is 2.54. The summed E-state index contributed by atoms with van der Waals surface area (Å²) < 4.78 is 0.907. The fourth-order valence-corrected chi connectivity index (χ4v) is 1.72. The van der Waals surface area contributed by atoms with Crippen LogP contribution >= 0.6 is 0 Å². The van der Waals surface area contributed by atoms with Crippen molar-refractivity contribution in [3.05, 3.63) is 77.0 Å². The summed E-state index contributed by atoms with van der Waals surface area (Å²) in [5, 5.41) is 11.6. The van der Waals surface area contributed by atoms with Gasteiger partial charge in [0.05, 0.1) is 0 Å². The molecule has 0 aliphatic carbocycles. The van der Waals surface area contributed by atoms with E-state index in [0.717, 1.165) is 15.9 Å². The predicted molar refractivity (Wildman–Crippen MR) is 65.6 cm³/mol. The molecule has 0 spiro atoms. The van der Waals surface area contributed by atoms with Crippen LogP contribution in [0.3, 0.4) is 0 Å². The van der Waals surface area contributed by atoms with Crippen molar-refractivity contribution in [2.75, 3.05) is 7.05 Å². The molecule has 0 radical (unpaired) electrons. The van der Waals surface area contributed by atoms with Gasteiger partial charge in [0.25, 0.3) is 0 Å². The van der Waals surface area contributed by atoms with Crippen molar-refractivity contribution < 1.29 is 4.74 Å². The average Bonchev–Trinajstić information content (AvgIpc) is 2.31. The molecule has 0 atom stereocenters. The van der Waals surface area contributed by atoms with Crippen LogP contribution in [-0.4, -0.2) is 17.5 Å². The molecule has 2 rings (SSSR count). The molecule has 0 bridgehead atoms. The molecule has 0 N–H and O–H groups in total. The molecule has 0 amide bonds. The normalized spacial score (nSPS) is 9.81. The van der Waals surface area contributed by atoms with E-state index in [1.165, 1.54) is 7.05 Å². The second-order valence-electron chi connectivity index (χ2n) is 3.58. The van der Waals surface area contributed by atoms with E-state index in [4.69, 9.17) is 0 Å². The van der Waals surface area contributed by atoms with Gasteiger partial charge in [-0.3, -0.25) is 0 Å². The van der Waals surface area contributed by atoms with Crippen LogP contribution in [0, 0.1) is 5.21 Å². The lowest BCUT2D eigenvalue weighted by Crippen LogP contribution is -2.14. The van der Waals surface area contributed by atoms with E-state index >= 15 is 0 Å². The number of hydrogen-bond donors (Lipinski definition) is 0. The second-order valence-corrected chi connectivity index (χ2v) is 3.58. The fourth-order valence-electron chi connectivity index (χ4n) is 1.72. The minimum absolute atomic E-state index is 0.696. The first-order chi connectivity index (χ1) is 7.79. The molecule has 0 heterocycles. The van der Waals surface area contributed by atoms with Crippen molar-refractivity contribution in [3.8, 4) is 0 Å². The predicted octanol–water partition coefficient (Wildman–Crippen LogP) is 2.66. The molecule has 2 nitrogen and oxygen atoms in total. The highest BCUT2D eigenvalue weighted by Crippen LogP contribution is 2.09. The summed E-state index contributed by atoms with van der Waals surface area (Å²) in [5.74, 6) is 0. The minimum Gasteiger partial charge on any atom is -0.624 e. The zero-order valence-corrected chi connectivity index (χ0v) is 9.13. The van der Waals surface area contributed by atoms with Crippen LogP contribution in [0.2, 0.25) is 0 Å². The first-order valence-electron chi connectivity index (χ1n) is 5.17. The van der Waals surface area contributed by atoms with Crippen molar-refractivity contribution in [3.63, 3.8) is 0 Å². The zero-order valence-electron chi connectivity index (χ0n) is 9.13. The third kappa shape index (κ3) is 2.11. The molecule has 2 aromatic carbocycles. The lowest BCUT2D eigenvalue weighted by atomic mass is 10.0. The summed E-state index contributed by atoms with van der Waals surface area (Å²) in [6.45, 7) is 0. The summed E-state index contributed by atoms with van der Waals surface area (Å²) in [6, 6.07) is 19.4. The van der Waals surface area contributed by atoms with Gasteiger partial charge in [0.15, 0.2) is 0 Å². The topological polar surface area (TPSA) is 26.1 Å². The van der Waals surface area contributed by atoms with Gasteiger partial charge in [0.1, 0.15) is 7.05 Å². The molecule has 2 heteroatoms. The third-order valence-electron chi connectivity index (χ3n) is 2.41. The standard InChI is InChI=1S/C14H13NO/c1-15(16)14(12-8-4-2-5-9-12)13-10-6-3-7-11-13/h2-11H,1H3. The maximum absolute atomic E-state index is 11.6. The van der Waals surface area contributed by atoms with Crippen LogP contribution in [0.25, 0.3) is 0 Å². The Kier molecular flexibility index (Phi) is 3.01. The Morgan fingerprint density at radius 1 is 0.812 bits per heavy atom. The third-order valence-corrected chi connectivity index (χ3v) is 2.41. The van der Waals surface area contributed by atoms with Crippen LogP contribution < -0.4 is 0 Å². The summed E-state index contributed by atoms with van der Waals surface area (Å²) in [6.07, 6.45) is 0. The van der Waals surface area contributed by atoms with Crippen LogP contribution in [0.4, 0.5) is 0 Å². The molecule has 80 valence electrons. The maximum atomic E-state index is 11.6. The van der Waals surface area contributed by atoms with Gasteiger partial charge in [0.2, 0.25) is 5.71 Å². The summed E-state index contributed by atoms with van der Waals surface area (Å²) >= 11 is 0. The Morgan fingerprint density at radius 2 is 1.19 bits per heavy atom. The largest absolute Gasteiger partial charge is 0.624 e. The Labute approximate surface area is 95.1 Å². The SMILES string of the molecule is C[N+]([O-])=C(c1ccccc1)c1ccccc1. The molecule has 0 aliphatic heterocycles. The zero-order chi connectivity index (χ0) is 11.4. The lowest BCUT2D eigenvalue weighted by Gasteiger charge is -2.07. The van der Waals surface area contributed by atoms with Crippen molar-refractivity contribution in [2.45, 2.75) is 0 Å². The van der Waals surface area contributed by atoms with Crippen molar-refractivity contribution in [1.29, 1.82) is 0 Å². The van der Waals surface area contributed by atoms with Crippen molar-refractivity contribution >= 4 is 5.71 Å². The molecule has 0 unspecified atom stereocenters. The lowest BCUT2D eigenvalue weighted by molar-refractivity contribution is -0.421. The van der Waals surface area contributed by atoms with Gasteiger partial charge in [-0.15, -0.1) is 0 Å². The Bertz CT molecular complexity index is 443. The Morgan fingerprint density at radius 3 is 1.50 bits per heavy atom. The molecular formula is C14H13NO. The van der Waals surface area contributed by atoms with E-state index in [1.54, 1.807) is 0 Å². The molecule has 0 aromatic heterocycles. The molecule has 0 aliphatic rings. The van der Waals surface area contributed by atoms with Gasteiger partial charge >= 0.3 is 0 Å². The molecule has 16 heavy (non-hydrogen) atoms. The smallest absolute Gasteiger partial charge is 0.225 e. The van der Waals surface area contributed by atoms with Crippen molar-refractivity contribution in [1.82, 2.24) is 0 Å². The van der Waals surface area contributed by atoms with E-state index in [1.807, 2.05) is 60.7 Å². The highest BCUT2D eigenvalue weighted by Gasteiger charge is 2.12. The average molecular weight is 211 g/mol.